The van der Waals surface area contributed by atoms with Crippen LogP contribution in [0.4, 0.5) is 0 Å². The van der Waals surface area contributed by atoms with Crippen molar-refractivity contribution in [1.82, 2.24) is 16.0 Å². The monoisotopic (exact) mass is 501 g/mol. The van der Waals surface area contributed by atoms with E-state index in [9.17, 15) is 33.9 Å². The van der Waals surface area contributed by atoms with Crippen molar-refractivity contribution in [3.63, 3.8) is 0 Å². The lowest BCUT2D eigenvalue weighted by Crippen LogP contribution is -2.57. The number of nitrogens with one attached hydrogen (secondary N) is 3. The van der Waals surface area contributed by atoms with Crippen molar-refractivity contribution in [2.45, 2.75) is 90.4 Å². The number of carbonyl (C=O) groups excluding carboxylic acids is 4. The van der Waals surface area contributed by atoms with Crippen LogP contribution in [0.25, 0.3) is 0 Å². The topological polar surface area (TPSA) is 231 Å². The summed E-state index contributed by atoms with van der Waals surface area (Å²) in [6.07, 6.45) is -0.533. The first-order chi connectivity index (χ1) is 16.2. The molecule has 0 aromatic rings. The average Bonchev–Trinajstić information content (AvgIpc) is 2.76. The fourth-order valence-corrected chi connectivity index (χ4v) is 3.11. The Morgan fingerprint density at radius 3 is 1.63 bits per heavy atom. The second-order valence-electron chi connectivity index (χ2n) is 9.00. The van der Waals surface area contributed by atoms with Crippen molar-refractivity contribution in [2.75, 3.05) is 0 Å². The Morgan fingerprint density at radius 1 is 0.771 bits per heavy atom. The van der Waals surface area contributed by atoms with E-state index < -0.39 is 66.2 Å². The van der Waals surface area contributed by atoms with Gasteiger partial charge in [0.15, 0.2) is 0 Å². The number of carboxylic acids is 2. The van der Waals surface area contributed by atoms with E-state index in [-0.39, 0.29) is 37.5 Å². The van der Waals surface area contributed by atoms with Crippen LogP contribution in [0.3, 0.4) is 0 Å². The molecule has 0 saturated carbocycles. The third-order valence-electron chi connectivity index (χ3n) is 5.47. The molecule has 0 spiro atoms. The molecule has 0 aliphatic carbocycles. The number of primary amides is 1. The van der Waals surface area contributed by atoms with Crippen LogP contribution in [0.2, 0.25) is 0 Å². The van der Waals surface area contributed by atoms with Crippen molar-refractivity contribution in [2.24, 2.45) is 23.3 Å². The Kier molecular flexibility index (Phi) is 14.2. The zero-order valence-corrected chi connectivity index (χ0v) is 20.7. The van der Waals surface area contributed by atoms with Gasteiger partial charge in [0.25, 0.3) is 0 Å². The summed E-state index contributed by atoms with van der Waals surface area (Å²) in [5.74, 6) is -5.88. The normalized spacial score (nSPS) is 15.3. The van der Waals surface area contributed by atoms with Crippen LogP contribution < -0.4 is 27.4 Å². The number of carbonyl (C=O) groups is 6. The lowest BCUT2D eigenvalue weighted by molar-refractivity contribution is -0.143. The van der Waals surface area contributed by atoms with Crippen LogP contribution in [0, 0.1) is 11.8 Å². The predicted octanol–water partition coefficient (Wildman–Crippen LogP) is -0.925. The molecule has 0 bridgehead atoms. The molecular formula is C22H39N5O8. The molecule has 0 aliphatic rings. The Hall–Kier alpha value is -3.22. The highest BCUT2D eigenvalue weighted by atomic mass is 16.4. The number of rotatable bonds is 17. The maximum absolute atomic E-state index is 12.9. The van der Waals surface area contributed by atoms with E-state index in [1.807, 2.05) is 6.92 Å². The number of hydrogen-bond acceptors (Lipinski definition) is 7. The average molecular weight is 502 g/mol. The summed E-state index contributed by atoms with van der Waals surface area (Å²) >= 11 is 0. The molecule has 35 heavy (non-hydrogen) atoms. The van der Waals surface area contributed by atoms with Gasteiger partial charge >= 0.3 is 11.9 Å². The molecule has 5 unspecified atom stereocenters. The number of nitrogens with two attached hydrogens (primary N) is 2. The largest absolute Gasteiger partial charge is 0.481 e. The van der Waals surface area contributed by atoms with Crippen LogP contribution in [0.1, 0.15) is 66.2 Å². The smallest absolute Gasteiger partial charge is 0.326 e. The van der Waals surface area contributed by atoms with Crippen molar-refractivity contribution in [3.05, 3.63) is 0 Å². The lowest BCUT2D eigenvalue weighted by Gasteiger charge is -2.26. The summed E-state index contributed by atoms with van der Waals surface area (Å²) in [5, 5.41) is 25.5. The minimum Gasteiger partial charge on any atom is -0.481 e. The Morgan fingerprint density at radius 2 is 1.23 bits per heavy atom. The van der Waals surface area contributed by atoms with E-state index in [0.717, 1.165) is 0 Å². The quantitative estimate of drug-likeness (QED) is 0.130. The Labute approximate surface area is 204 Å². The highest BCUT2D eigenvalue weighted by Crippen LogP contribution is 2.09. The molecule has 0 aromatic carbocycles. The Bertz CT molecular complexity index is 773. The van der Waals surface area contributed by atoms with Gasteiger partial charge in [0, 0.05) is 12.8 Å². The molecule has 0 radical (unpaired) electrons. The van der Waals surface area contributed by atoms with Gasteiger partial charge in [-0.25, -0.2) is 4.79 Å². The highest BCUT2D eigenvalue weighted by molar-refractivity contribution is 5.94. The zero-order chi connectivity index (χ0) is 27.3. The summed E-state index contributed by atoms with van der Waals surface area (Å²) in [5.41, 5.74) is 11.1. The van der Waals surface area contributed by atoms with Gasteiger partial charge in [-0.05, 0) is 31.1 Å². The second-order valence-corrected chi connectivity index (χ2v) is 9.00. The molecule has 0 fully saturated rings. The molecule has 200 valence electrons. The fraction of sp³-hybridized carbons (Fsp3) is 0.727. The Balaban J connectivity index is 5.68. The first kappa shape index (κ1) is 31.8. The molecule has 4 amide bonds. The molecule has 5 atom stereocenters. The van der Waals surface area contributed by atoms with Crippen molar-refractivity contribution in [1.29, 1.82) is 0 Å². The summed E-state index contributed by atoms with van der Waals surface area (Å²) in [6, 6.07) is -4.85. The summed E-state index contributed by atoms with van der Waals surface area (Å²) in [6.45, 7) is 7.12. The van der Waals surface area contributed by atoms with Gasteiger partial charge in [0.05, 0.1) is 6.04 Å². The van der Waals surface area contributed by atoms with Crippen molar-refractivity contribution in [3.8, 4) is 0 Å². The number of amides is 4. The maximum Gasteiger partial charge on any atom is 0.326 e. The molecule has 13 heteroatoms. The minimum atomic E-state index is -1.40. The first-order valence-electron chi connectivity index (χ1n) is 11.6. The van der Waals surface area contributed by atoms with Gasteiger partial charge in [0.1, 0.15) is 18.1 Å². The van der Waals surface area contributed by atoms with Crippen molar-refractivity contribution < 1.29 is 39.0 Å². The van der Waals surface area contributed by atoms with Crippen LogP contribution >= 0.6 is 0 Å². The maximum atomic E-state index is 12.9. The van der Waals surface area contributed by atoms with Crippen LogP contribution in [0.15, 0.2) is 0 Å². The zero-order valence-electron chi connectivity index (χ0n) is 20.7. The lowest BCUT2D eigenvalue weighted by atomic mass is 9.98. The van der Waals surface area contributed by atoms with Crippen molar-refractivity contribution >= 4 is 35.6 Å². The molecule has 0 aliphatic heterocycles. The molecule has 13 nitrogen and oxygen atoms in total. The second kappa shape index (κ2) is 15.6. The van der Waals surface area contributed by atoms with Crippen LogP contribution in [0.5, 0.6) is 0 Å². The first-order valence-corrected chi connectivity index (χ1v) is 11.6. The van der Waals surface area contributed by atoms with Gasteiger partial charge in [-0.15, -0.1) is 0 Å². The molecule has 0 aromatic heterocycles. The summed E-state index contributed by atoms with van der Waals surface area (Å²) in [7, 11) is 0. The van der Waals surface area contributed by atoms with E-state index in [1.165, 1.54) is 0 Å². The van der Waals surface area contributed by atoms with E-state index in [0.29, 0.717) is 6.42 Å². The van der Waals surface area contributed by atoms with E-state index in [4.69, 9.17) is 16.6 Å². The van der Waals surface area contributed by atoms with E-state index >= 15 is 0 Å². The molecule has 0 saturated heterocycles. The fourth-order valence-electron chi connectivity index (χ4n) is 3.11. The number of carboxylic acid groups (broad SMARTS) is 2. The van der Waals surface area contributed by atoms with Crippen LogP contribution in [-0.4, -0.2) is 69.9 Å². The van der Waals surface area contributed by atoms with Gasteiger partial charge in [0.2, 0.25) is 23.6 Å². The van der Waals surface area contributed by atoms with E-state index in [1.54, 1.807) is 20.8 Å². The van der Waals surface area contributed by atoms with Gasteiger partial charge < -0.3 is 37.6 Å². The van der Waals surface area contributed by atoms with Gasteiger partial charge in [-0.3, -0.25) is 24.0 Å². The molecule has 9 N–H and O–H groups in total. The molecular weight excluding hydrogens is 462 g/mol. The third-order valence-corrected chi connectivity index (χ3v) is 5.47. The minimum absolute atomic E-state index is 0.0634. The number of hydrogen-bond donors (Lipinski definition) is 7. The summed E-state index contributed by atoms with van der Waals surface area (Å²) in [4.78, 5) is 72.0. The SMILES string of the molecule is CCC(C)C(N)C(=O)NC(CCC(N)=O)C(=O)NC(CCC(=O)O)C(=O)NC(CC(C)C)C(=O)O. The molecule has 0 heterocycles. The van der Waals surface area contributed by atoms with Gasteiger partial charge in [-0.1, -0.05) is 34.1 Å². The number of aliphatic carboxylic acids is 2. The molecule has 0 rings (SSSR count). The standard InChI is InChI=1S/C22H39N5O8/c1-5-12(4)18(24)21(33)26-13(6-8-16(23)28)19(31)25-14(7-9-17(29)30)20(32)27-15(22(34)35)10-11(2)3/h11-15,18H,5-10,24H2,1-4H3,(H2,23,28)(H,25,31)(H,26,33)(H,27,32)(H,29,30)(H,34,35). The van der Waals surface area contributed by atoms with Crippen LogP contribution in [-0.2, 0) is 28.8 Å². The third kappa shape index (κ3) is 12.7. The predicted molar refractivity (Wildman–Crippen MR) is 126 cm³/mol. The van der Waals surface area contributed by atoms with Gasteiger partial charge in [-0.2, -0.15) is 0 Å². The van der Waals surface area contributed by atoms with E-state index in [2.05, 4.69) is 16.0 Å². The highest BCUT2D eigenvalue weighted by Gasteiger charge is 2.31. The summed E-state index contributed by atoms with van der Waals surface area (Å²) < 4.78 is 0.